The summed E-state index contributed by atoms with van der Waals surface area (Å²) >= 11 is 0. The zero-order chi connectivity index (χ0) is 13.3. The summed E-state index contributed by atoms with van der Waals surface area (Å²) in [6.45, 7) is 3.39. The van der Waals surface area contributed by atoms with Gasteiger partial charge in [-0.05, 0) is 31.0 Å². The van der Waals surface area contributed by atoms with Gasteiger partial charge in [0, 0.05) is 6.07 Å². The van der Waals surface area contributed by atoms with Gasteiger partial charge in [-0.25, -0.2) is 4.79 Å². The zero-order valence-electron chi connectivity index (χ0n) is 10.0. The van der Waals surface area contributed by atoms with Crippen LogP contribution in [0.3, 0.4) is 0 Å². The highest BCUT2D eigenvalue weighted by atomic mass is 16.4. The second-order valence-electron chi connectivity index (χ2n) is 4.02. The van der Waals surface area contributed by atoms with Crippen LogP contribution in [-0.2, 0) is 0 Å². The molecule has 0 saturated heterocycles. The highest BCUT2D eigenvalue weighted by Gasteiger charge is 2.13. The normalized spacial score (nSPS) is 10.3. The molecular weight excluding hydrogens is 232 g/mol. The molecule has 0 atom stereocenters. The third-order valence-corrected chi connectivity index (χ3v) is 2.67. The standard InChI is InChI=1S/C13H12N2O3/c1-8-5-3-4-6-10(8)15-11(16)7-9(2)12(14-15)13(17)18/h3-7H,1-2H3,(H,17,18). The summed E-state index contributed by atoms with van der Waals surface area (Å²) in [5, 5.41) is 12.9. The monoisotopic (exact) mass is 244 g/mol. The van der Waals surface area contributed by atoms with Crippen LogP contribution in [-0.4, -0.2) is 20.9 Å². The molecule has 0 aliphatic rings. The maximum Gasteiger partial charge on any atom is 0.356 e. The number of carboxylic acid groups (broad SMARTS) is 1. The number of aromatic carboxylic acids is 1. The van der Waals surface area contributed by atoms with Gasteiger partial charge in [-0.1, -0.05) is 18.2 Å². The second kappa shape index (κ2) is 4.44. The highest BCUT2D eigenvalue weighted by molar-refractivity contribution is 5.86. The minimum atomic E-state index is -1.14. The molecule has 0 bridgehead atoms. The summed E-state index contributed by atoms with van der Waals surface area (Å²) in [4.78, 5) is 22.9. The van der Waals surface area contributed by atoms with E-state index in [2.05, 4.69) is 5.10 Å². The van der Waals surface area contributed by atoms with Gasteiger partial charge in [-0.15, -0.1) is 0 Å². The first-order valence-corrected chi connectivity index (χ1v) is 5.41. The number of carboxylic acids is 1. The van der Waals surface area contributed by atoms with E-state index in [4.69, 9.17) is 5.11 Å². The summed E-state index contributed by atoms with van der Waals surface area (Å²) in [5.74, 6) is -1.14. The lowest BCUT2D eigenvalue weighted by molar-refractivity contribution is 0.0687. The van der Waals surface area contributed by atoms with Crippen LogP contribution in [0.2, 0.25) is 0 Å². The summed E-state index contributed by atoms with van der Waals surface area (Å²) in [7, 11) is 0. The van der Waals surface area contributed by atoms with E-state index in [0.717, 1.165) is 10.2 Å². The number of rotatable bonds is 2. The fourth-order valence-corrected chi connectivity index (χ4v) is 1.73. The first kappa shape index (κ1) is 12.0. The van der Waals surface area contributed by atoms with Crippen molar-refractivity contribution in [3.8, 4) is 5.69 Å². The van der Waals surface area contributed by atoms with Gasteiger partial charge in [-0.2, -0.15) is 9.78 Å². The van der Waals surface area contributed by atoms with Crippen molar-refractivity contribution in [2.24, 2.45) is 0 Å². The van der Waals surface area contributed by atoms with Crippen molar-refractivity contribution in [1.82, 2.24) is 9.78 Å². The Hall–Kier alpha value is -2.43. The van der Waals surface area contributed by atoms with Gasteiger partial charge in [0.25, 0.3) is 5.56 Å². The molecule has 0 radical (unpaired) electrons. The third kappa shape index (κ3) is 2.02. The predicted octanol–water partition coefficient (Wildman–Crippen LogP) is 1.55. The van der Waals surface area contributed by atoms with Crippen LogP contribution in [0.15, 0.2) is 35.1 Å². The quantitative estimate of drug-likeness (QED) is 0.869. The van der Waals surface area contributed by atoms with Crippen LogP contribution < -0.4 is 5.56 Å². The number of hydrogen-bond donors (Lipinski definition) is 1. The summed E-state index contributed by atoms with van der Waals surface area (Å²) in [6.07, 6.45) is 0. The van der Waals surface area contributed by atoms with E-state index in [1.807, 2.05) is 19.1 Å². The number of hydrogen-bond acceptors (Lipinski definition) is 3. The third-order valence-electron chi connectivity index (χ3n) is 2.67. The lowest BCUT2D eigenvalue weighted by Crippen LogP contribution is -2.25. The molecule has 1 N–H and O–H groups in total. The molecule has 0 amide bonds. The van der Waals surface area contributed by atoms with E-state index < -0.39 is 5.97 Å². The molecule has 0 aliphatic carbocycles. The van der Waals surface area contributed by atoms with Gasteiger partial charge in [0.1, 0.15) is 0 Å². The number of carbonyl (C=O) groups is 1. The van der Waals surface area contributed by atoms with Gasteiger partial charge in [0.05, 0.1) is 5.69 Å². The SMILES string of the molecule is Cc1ccccc1-n1nc(C(=O)O)c(C)cc1=O. The topological polar surface area (TPSA) is 72.2 Å². The molecule has 5 nitrogen and oxygen atoms in total. The molecule has 0 unspecified atom stereocenters. The molecule has 0 fully saturated rings. The number of para-hydroxylation sites is 1. The van der Waals surface area contributed by atoms with E-state index in [-0.39, 0.29) is 11.3 Å². The van der Waals surface area contributed by atoms with Crippen molar-refractivity contribution in [3.63, 3.8) is 0 Å². The summed E-state index contributed by atoms with van der Waals surface area (Å²) in [6, 6.07) is 8.46. The van der Waals surface area contributed by atoms with Crippen LogP contribution in [0, 0.1) is 13.8 Å². The molecular formula is C13H12N2O3. The molecule has 18 heavy (non-hydrogen) atoms. The minimum Gasteiger partial charge on any atom is -0.476 e. The predicted molar refractivity (Wildman–Crippen MR) is 66.3 cm³/mol. The second-order valence-corrected chi connectivity index (χ2v) is 4.02. The average molecular weight is 244 g/mol. The Bertz CT molecular complexity index is 674. The zero-order valence-corrected chi connectivity index (χ0v) is 10.0. The Balaban J connectivity index is 2.73. The van der Waals surface area contributed by atoms with Crippen LogP contribution in [0.5, 0.6) is 0 Å². The van der Waals surface area contributed by atoms with Crippen LogP contribution >= 0.6 is 0 Å². The Labute approximate surface area is 103 Å². The van der Waals surface area contributed by atoms with E-state index >= 15 is 0 Å². The first-order valence-electron chi connectivity index (χ1n) is 5.41. The van der Waals surface area contributed by atoms with Crippen molar-refractivity contribution in [2.45, 2.75) is 13.8 Å². The Morgan fingerprint density at radius 1 is 1.22 bits per heavy atom. The van der Waals surface area contributed by atoms with Crippen molar-refractivity contribution in [1.29, 1.82) is 0 Å². The van der Waals surface area contributed by atoms with Gasteiger partial charge in [0.15, 0.2) is 5.69 Å². The lowest BCUT2D eigenvalue weighted by atomic mass is 10.2. The highest BCUT2D eigenvalue weighted by Crippen LogP contribution is 2.11. The van der Waals surface area contributed by atoms with Crippen LogP contribution in [0.4, 0.5) is 0 Å². The lowest BCUT2D eigenvalue weighted by Gasteiger charge is -2.09. The molecule has 0 spiro atoms. The molecule has 0 saturated carbocycles. The Morgan fingerprint density at radius 2 is 1.89 bits per heavy atom. The molecule has 2 rings (SSSR count). The van der Waals surface area contributed by atoms with E-state index in [1.54, 1.807) is 19.1 Å². The maximum atomic E-state index is 11.9. The molecule has 92 valence electrons. The van der Waals surface area contributed by atoms with Gasteiger partial charge in [0.2, 0.25) is 0 Å². The van der Waals surface area contributed by atoms with Crippen molar-refractivity contribution >= 4 is 5.97 Å². The van der Waals surface area contributed by atoms with Crippen molar-refractivity contribution < 1.29 is 9.90 Å². The molecule has 1 heterocycles. The number of aryl methyl sites for hydroxylation is 2. The molecule has 0 aliphatic heterocycles. The van der Waals surface area contributed by atoms with Crippen molar-refractivity contribution in [2.75, 3.05) is 0 Å². The largest absolute Gasteiger partial charge is 0.476 e. The van der Waals surface area contributed by atoms with Gasteiger partial charge >= 0.3 is 5.97 Å². The number of nitrogens with zero attached hydrogens (tertiary/aromatic N) is 2. The summed E-state index contributed by atoms with van der Waals surface area (Å²) < 4.78 is 1.12. The first-order chi connectivity index (χ1) is 8.50. The Morgan fingerprint density at radius 3 is 2.50 bits per heavy atom. The van der Waals surface area contributed by atoms with Crippen LogP contribution in [0.25, 0.3) is 5.69 Å². The maximum absolute atomic E-state index is 11.9. The fourth-order valence-electron chi connectivity index (χ4n) is 1.73. The molecule has 5 heteroatoms. The fraction of sp³-hybridized carbons (Fsp3) is 0.154. The Kier molecular flexibility index (Phi) is 2.97. The average Bonchev–Trinajstić information content (AvgIpc) is 2.30. The van der Waals surface area contributed by atoms with Crippen molar-refractivity contribution in [3.05, 3.63) is 57.5 Å². The summed E-state index contributed by atoms with van der Waals surface area (Å²) in [5.41, 5.74) is 1.35. The van der Waals surface area contributed by atoms with Crippen LogP contribution in [0.1, 0.15) is 21.6 Å². The number of benzene rings is 1. The number of aromatic nitrogens is 2. The smallest absolute Gasteiger partial charge is 0.356 e. The minimum absolute atomic E-state index is 0.113. The van der Waals surface area contributed by atoms with Gasteiger partial charge < -0.3 is 5.11 Å². The van der Waals surface area contributed by atoms with E-state index in [9.17, 15) is 9.59 Å². The van der Waals surface area contributed by atoms with Gasteiger partial charge in [-0.3, -0.25) is 4.79 Å². The van der Waals surface area contributed by atoms with E-state index in [1.165, 1.54) is 6.07 Å². The van der Waals surface area contributed by atoms with E-state index in [0.29, 0.717) is 11.3 Å². The molecule has 1 aromatic carbocycles. The molecule has 1 aromatic heterocycles. The molecule has 2 aromatic rings.